The number of aromatic amines is 1. The molecule has 0 bridgehead atoms. The van der Waals surface area contributed by atoms with Gasteiger partial charge in [-0.1, -0.05) is 0 Å². The number of hydrogen-bond donors (Lipinski definition) is 1. The van der Waals surface area contributed by atoms with Crippen LogP contribution in [-0.2, 0) is 4.57 Å². The molecule has 0 amide bonds. The van der Waals surface area contributed by atoms with Gasteiger partial charge in [0.15, 0.2) is 0 Å². The van der Waals surface area contributed by atoms with Gasteiger partial charge in [0.1, 0.15) is 0 Å². The van der Waals surface area contributed by atoms with Crippen LogP contribution in [0.4, 0.5) is 0 Å². The summed E-state index contributed by atoms with van der Waals surface area (Å²) in [6, 6.07) is 3.89. The Kier molecular flexibility index (Phi) is 32.6. The third-order valence-corrected chi connectivity index (χ3v) is 0.496. The van der Waals surface area contributed by atoms with Crippen LogP contribution in [0.15, 0.2) is 24.5 Å². The average Bonchev–Trinajstić information content (AvgIpc) is 2.07. The Bertz CT molecular complexity index is 176. The van der Waals surface area contributed by atoms with Gasteiger partial charge in [0.2, 0.25) is 0 Å². The van der Waals surface area contributed by atoms with Crippen molar-refractivity contribution in [2.24, 2.45) is 0 Å². The zero-order chi connectivity index (χ0) is 8.04. The molecule has 13 heavy (non-hydrogen) atoms. The van der Waals surface area contributed by atoms with E-state index >= 15 is 0 Å². The summed E-state index contributed by atoms with van der Waals surface area (Å²) in [5.41, 5.74) is 0. The van der Waals surface area contributed by atoms with Crippen LogP contribution in [0.2, 0.25) is 0 Å². The number of H-pyrrole nitrogens is 1. The predicted octanol–water partition coefficient (Wildman–Crippen LogP) is -10.8. The van der Waals surface area contributed by atoms with Gasteiger partial charge >= 0.3 is 154 Å². The van der Waals surface area contributed by atoms with E-state index in [1.807, 2.05) is 24.5 Å². The van der Waals surface area contributed by atoms with Crippen LogP contribution in [-0.4, -0.2) is 4.98 Å². The average molecular weight is 279 g/mol. The summed E-state index contributed by atoms with van der Waals surface area (Å²) >= 11 is 0. The minimum absolute atomic E-state index is 0. The molecule has 0 saturated heterocycles. The molecule has 1 heterocycles. The van der Waals surface area contributed by atoms with E-state index in [1.165, 1.54) is 0 Å². The van der Waals surface area contributed by atoms with Crippen LogP contribution in [0.1, 0.15) is 0 Å². The van der Waals surface area contributed by atoms with Gasteiger partial charge in [-0.3, -0.25) is 0 Å². The molecule has 0 spiro atoms. The smallest absolute Gasteiger partial charge is 0.822 e. The van der Waals surface area contributed by atoms with E-state index < -0.39 is 7.82 Å². The van der Waals surface area contributed by atoms with Crippen LogP contribution in [0.25, 0.3) is 0 Å². The van der Waals surface area contributed by atoms with Crippen molar-refractivity contribution >= 4 is 7.82 Å². The fourth-order valence-corrected chi connectivity index (χ4v) is 0.278. The molecule has 1 aromatic heterocycles. The maximum absolute atomic E-state index is 8.55. The van der Waals surface area contributed by atoms with E-state index in [-0.39, 0.29) is 154 Å². The molecule has 0 aliphatic heterocycles. The van der Waals surface area contributed by atoms with Crippen molar-refractivity contribution in [3.63, 3.8) is 0 Å². The Balaban J connectivity index is -0.0000000506. The van der Waals surface area contributed by atoms with Gasteiger partial charge in [-0.25, -0.2) is 0 Å². The van der Waals surface area contributed by atoms with Crippen molar-refractivity contribution < 1.29 is 173 Å². The monoisotopic (exact) mass is 279 g/mol. The van der Waals surface area contributed by atoms with Crippen molar-refractivity contribution in [3.8, 4) is 0 Å². The molecule has 0 aliphatic rings. The first-order chi connectivity index (χ1) is 4.50. The Hall–Kier alpha value is 4.30. The number of phosphoric acid groups is 1. The van der Waals surface area contributed by atoms with E-state index in [4.69, 9.17) is 19.2 Å². The molecule has 0 aromatic carbocycles. The zero-order valence-corrected chi connectivity index (χ0v) is 18.2. The van der Waals surface area contributed by atoms with Gasteiger partial charge in [0, 0.05) is 12.4 Å². The molecule has 1 rings (SSSR count). The van der Waals surface area contributed by atoms with Gasteiger partial charge in [0.05, 0.1) is 0 Å². The first-order valence-electron chi connectivity index (χ1n) is 2.31. The molecular weight excluding hydrogens is 274 g/mol. The SMILES string of the molecule is O=P([O-])([O-])[O-].[K+].[K+].[K+].c1cc[nH]c1. The van der Waals surface area contributed by atoms with Crippen LogP contribution < -0.4 is 169 Å². The van der Waals surface area contributed by atoms with Crippen molar-refractivity contribution in [2.45, 2.75) is 0 Å². The van der Waals surface area contributed by atoms with Gasteiger partial charge in [-0.05, 0) is 12.1 Å². The maximum Gasteiger partial charge on any atom is 1.00 e. The predicted molar refractivity (Wildman–Crippen MR) is 28.4 cm³/mol. The quantitative estimate of drug-likeness (QED) is 0.376. The molecule has 9 heteroatoms. The minimum Gasteiger partial charge on any atom is -0.822 e. The fraction of sp³-hybridized carbons (Fsp3) is 0. The first kappa shape index (κ1) is 26.0. The Morgan fingerprint density at radius 1 is 0.923 bits per heavy atom. The van der Waals surface area contributed by atoms with Crippen molar-refractivity contribution in [3.05, 3.63) is 24.5 Å². The zero-order valence-electron chi connectivity index (χ0n) is 7.89. The fourth-order valence-electron chi connectivity index (χ4n) is 0.278. The normalized spacial score (nSPS) is 7.62. The standard InChI is InChI=1S/C4H5N.3K.H3O4P/c1-2-4-5-3-1;;;;1-5(2,3)4/h1-5H;;;;(H3,1,2,3,4)/q;3*+1;/p-3. The van der Waals surface area contributed by atoms with Crippen molar-refractivity contribution in [2.75, 3.05) is 0 Å². The molecule has 0 atom stereocenters. The van der Waals surface area contributed by atoms with E-state index in [0.29, 0.717) is 0 Å². The third kappa shape index (κ3) is 38.5. The summed E-state index contributed by atoms with van der Waals surface area (Å²) in [6.45, 7) is 0. The number of hydrogen-bond acceptors (Lipinski definition) is 4. The van der Waals surface area contributed by atoms with Gasteiger partial charge < -0.3 is 24.2 Å². The molecule has 1 N–H and O–H groups in total. The molecular formula is C4H5K3NO4P. The summed E-state index contributed by atoms with van der Waals surface area (Å²) < 4.78 is 8.55. The van der Waals surface area contributed by atoms with E-state index in [1.54, 1.807) is 0 Å². The second kappa shape index (κ2) is 16.3. The number of aromatic nitrogens is 1. The largest absolute Gasteiger partial charge is 1.00 e. The molecule has 0 unspecified atom stereocenters. The number of rotatable bonds is 0. The van der Waals surface area contributed by atoms with Gasteiger partial charge in [-0.2, -0.15) is 7.82 Å². The van der Waals surface area contributed by atoms with Crippen LogP contribution in [0, 0.1) is 0 Å². The third-order valence-electron chi connectivity index (χ3n) is 0.496. The van der Waals surface area contributed by atoms with Crippen molar-refractivity contribution in [1.82, 2.24) is 4.98 Å². The first-order valence-corrected chi connectivity index (χ1v) is 3.77. The molecule has 1 aromatic rings. The van der Waals surface area contributed by atoms with Gasteiger partial charge in [0.25, 0.3) is 0 Å². The summed E-state index contributed by atoms with van der Waals surface area (Å²) in [5.74, 6) is 0. The van der Waals surface area contributed by atoms with Crippen LogP contribution >= 0.6 is 7.82 Å². The maximum atomic E-state index is 8.55. The Morgan fingerprint density at radius 2 is 1.15 bits per heavy atom. The number of nitrogens with one attached hydrogen (secondary N) is 1. The second-order valence-corrected chi connectivity index (χ2v) is 2.23. The molecule has 0 radical (unpaired) electrons. The summed E-state index contributed by atoms with van der Waals surface area (Å²) in [6.07, 6.45) is 3.75. The topological polar surface area (TPSA) is 102 Å². The van der Waals surface area contributed by atoms with E-state index in [2.05, 4.69) is 4.98 Å². The minimum atomic E-state index is -5.39. The molecule has 0 saturated carbocycles. The van der Waals surface area contributed by atoms with Gasteiger partial charge in [-0.15, -0.1) is 0 Å². The Labute approximate surface area is 204 Å². The van der Waals surface area contributed by atoms with E-state index in [9.17, 15) is 0 Å². The van der Waals surface area contributed by atoms with Crippen molar-refractivity contribution in [1.29, 1.82) is 0 Å². The molecule has 5 nitrogen and oxygen atoms in total. The summed E-state index contributed by atoms with van der Waals surface area (Å²) in [5, 5.41) is 0. The molecule has 0 aliphatic carbocycles. The second-order valence-electron chi connectivity index (χ2n) is 1.33. The molecule has 58 valence electrons. The molecule has 0 fully saturated rings. The van der Waals surface area contributed by atoms with Crippen LogP contribution in [0.5, 0.6) is 0 Å². The summed E-state index contributed by atoms with van der Waals surface area (Å²) in [4.78, 5) is 28.5. The summed E-state index contributed by atoms with van der Waals surface area (Å²) in [7, 11) is -5.39. The van der Waals surface area contributed by atoms with E-state index in [0.717, 1.165) is 0 Å². The Morgan fingerprint density at radius 3 is 1.23 bits per heavy atom. The van der Waals surface area contributed by atoms with Crippen LogP contribution in [0.3, 0.4) is 0 Å².